The van der Waals surface area contributed by atoms with Crippen molar-refractivity contribution in [3.05, 3.63) is 26.7 Å². The van der Waals surface area contributed by atoms with Gasteiger partial charge in [0.2, 0.25) is 0 Å². The minimum Gasteiger partial charge on any atom is -0.394 e. The molecule has 2 aromatic rings. The van der Waals surface area contributed by atoms with Crippen molar-refractivity contribution in [2.24, 2.45) is 14.1 Å². The van der Waals surface area contributed by atoms with Gasteiger partial charge in [-0.15, -0.1) is 0 Å². The number of rotatable bonds is 2. The minimum atomic E-state index is -1.34. The fourth-order valence-corrected chi connectivity index (χ4v) is 2.93. The molecular formula is C13H18N4O6. The molecule has 3 heterocycles. The molecule has 0 aromatic carbocycles. The minimum absolute atomic E-state index is 0.0851. The molecule has 126 valence electrons. The van der Waals surface area contributed by atoms with Crippen molar-refractivity contribution in [3.63, 3.8) is 0 Å². The zero-order chi connectivity index (χ0) is 17.0. The fraction of sp³-hybridized carbons (Fsp3) is 0.615. The van der Waals surface area contributed by atoms with Crippen molar-refractivity contribution >= 4 is 11.2 Å². The largest absolute Gasteiger partial charge is 0.394 e. The van der Waals surface area contributed by atoms with Crippen molar-refractivity contribution in [1.29, 1.82) is 0 Å². The number of hydrogen-bond acceptors (Lipinski definition) is 7. The maximum Gasteiger partial charge on any atom is 0.332 e. The molecule has 2 aromatic heterocycles. The van der Waals surface area contributed by atoms with Gasteiger partial charge in [0.15, 0.2) is 17.4 Å². The highest BCUT2D eigenvalue weighted by Gasteiger charge is 2.44. The SMILES string of the molecule is Cc1nc2c(c(=O)n(C)c(=O)n2C)n1[C@@H]1O[C@H](CO)[C@@H](O)[C@H]1O. The highest BCUT2D eigenvalue weighted by Crippen LogP contribution is 2.31. The topological polar surface area (TPSA) is 132 Å². The number of hydrogen-bond donors (Lipinski definition) is 3. The molecule has 1 aliphatic rings. The maximum absolute atomic E-state index is 12.5. The van der Waals surface area contributed by atoms with E-state index < -0.39 is 42.4 Å². The molecule has 0 saturated carbocycles. The van der Waals surface area contributed by atoms with Crippen LogP contribution in [-0.2, 0) is 18.8 Å². The van der Waals surface area contributed by atoms with E-state index in [1.165, 1.54) is 23.2 Å². The molecule has 0 spiro atoms. The first-order valence-electron chi connectivity index (χ1n) is 7.06. The van der Waals surface area contributed by atoms with E-state index in [0.717, 1.165) is 4.57 Å². The molecule has 1 saturated heterocycles. The molecule has 4 atom stereocenters. The van der Waals surface area contributed by atoms with Crippen LogP contribution in [-0.4, -0.2) is 58.9 Å². The Balaban J connectivity index is 2.30. The Kier molecular flexibility index (Phi) is 3.64. The second-order valence-corrected chi connectivity index (χ2v) is 5.64. The van der Waals surface area contributed by atoms with Crippen molar-refractivity contribution in [1.82, 2.24) is 18.7 Å². The van der Waals surface area contributed by atoms with E-state index in [1.54, 1.807) is 6.92 Å². The highest BCUT2D eigenvalue weighted by molar-refractivity contribution is 5.71. The van der Waals surface area contributed by atoms with Gasteiger partial charge in [0, 0.05) is 14.1 Å². The van der Waals surface area contributed by atoms with Crippen molar-refractivity contribution in [2.75, 3.05) is 6.61 Å². The standard InChI is InChI=1S/C13H18N4O6/c1-5-14-10-7(11(21)16(3)13(22)15(10)2)17(5)12-9(20)8(19)6(4-18)23-12/h6,8-9,12,18-20H,4H2,1-3H3/t6-,8-,9-,12-/m1/s1. The third-order valence-electron chi connectivity index (χ3n) is 4.24. The van der Waals surface area contributed by atoms with Crippen LogP contribution in [0.15, 0.2) is 9.59 Å². The van der Waals surface area contributed by atoms with Crippen molar-refractivity contribution < 1.29 is 20.1 Å². The van der Waals surface area contributed by atoms with Gasteiger partial charge in [-0.05, 0) is 6.92 Å². The van der Waals surface area contributed by atoms with Crippen LogP contribution < -0.4 is 11.2 Å². The second-order valence-electron chi connectivity index (χ2n) is 5.64. The Morgan fingerprint density at radius 2 is 1.83 bits per heavy atom. The van der Waals surface area contributed by atoms with Gasteiger partial charge in [0.25, 0.3) is 5.56 Å². The van der Waals surface area contributed by atoms with Crippen LogP contribution in [0.3, 0.4) is 0 Å². The van der Waals surface area contributed by atoms with Crippen LogP contribution in [0.2, 0.25) is 0 Å². The van der Waals surface area contributed by atoms with Gasteiger partial charge in [-0.1, -0.05) is 0 Å². The molecule has 0 unspecified atom stereocenters. The summed E-state index contributed by atoms with van der Waals surface area (Å²) in [4.78, 5) is 28.7. The lowest BCUT2D eigenvalue weighted by atomic mass is 10.1. The van der Waals surface area contributed by atoms with Gasteiger partial charge in [-0.2, -0.15) is 0 Å². The Morgan fingerprint density at radius 1 is 1.17 bits per heavy atom. The molecule has 10 nitrogen and oxygen atoms in total. The number of aromatic nitrogens is 4. The number of aryl methyl sites for hydroxylation is 2. The predicted octanol–water partition coefficient (Wildman–Crippen LogP) is -2.65. The summed E-state index contributed by atoms with van der Waals surface area (Å²) in [6.07, 6.45) is -4.69. The van der Waals surface area contributed by atoms with Gasteiger partial charge >= 0.3 is 5.69 Å². The number of fused-ring (bicyclic) bond motifs is 1. The lowest BCUT2D eigenvalue weighted by Crippen LogP contribution is -2.38. The number of nitrogens with zero attached hydrogens (tertiary/aromatic N) is 4. The Bertz CT molecular complexity index is 881. The summed E-state index contributed by atoms with van der Waals surface area (Å²) < 4.78 is 8.97. The summed E-state index contributed by atoms with van der Waals surface area (Å²) >= 11 is 0. The van der Waals surface area contributed by atoms with Crippen LogP contribution in [0, 0.1) is 6.92 Å². The zero-order valence-corrected chi connectivity index (χ0v) is 12.9. The summed E-state index contributed by atoms with van der Waals surface area (Å²) in [5.74, 6) is 0.341. The average Bonchev–Trinajstić information content (AvgIpc) is 3.01. The first-order valence-corrected chi connectivity index (χ1v) is 7.06. The number of ether oxygens (including phenoxy) is 1. The molecule has 0 bridgehead atoms. The quantitative estimate of drug-likeness (QED) is 0.549. The normalized spacial score (nSPS) is 27.9. The Morgan fingerprint density at radius 3 is 2.39 bits per heavy atom. The first kappa shape index (κ1) is 15.9. The van der Waals surface area contributed by atoms with Crippen molar-refractivity contribution in [2.45, 2.75) is 31.5 Å². The van der Waals surface area contributed by atoms with Crippen LogP contribution in [0.4, 0.5) is 0 Å². The average molecular weight is 326 g/mol. The van der Waals surface area contributed by atoms with Crippen LogP contribution in [0.25, 0.3) is 11.2 Å². The van der Waals surface area contributed by atoms with Gasteiger partial charge < -0.3 is 20.1 Å². The van der Waals surface area contributed by atoms with E-state index in [9.17, 15) is 24.9 Å². The van der Waals surface area contributed by atoms with Gasteiger partial charge in [-0.25, -0.2) is 9.78 Å². The van der Waals surface area contributed by atoms with E-state index in [0.29, 0.717) is 5.82 Å². The molecule has 0 aliphatic carbocycles. The number of imidazole rings is 1. The number of aliphatic hydroxyl groups is 3. The monoisotopic (exact) mass is 326 g/mol. The first-order chi connectivity index (χ1) is 10.8. The summed E-state index contributed by atoms with van der Waals surface area (Å²) in [7, 11) is 2.83. The smallest absolute Gasteiger partial charge is 0.332 e. The number of aliphatic hydroxyl groups excluding tert-OH is 3. The second kappa shape index (κ2) is 5.27. The third-order valence-corrected chi connectivity index (χ3v) is 4.24. The van der Waals surface area contributed by atoms with E-state index in [1.807, 2.05) is 0 Å². The lowest BCUT2D eigenvalue weighted by molar-refractivity contribution is -0.0518. The highest BCUT2D eigenvalue weighted by atomic mass is 16.6. The van der Waals surface area contributed by atoms with Gasteiger partial charge in [0.1, 0.15) is 24.1 Å². The van der Waals surface area contributed by atoms with E-state index >= 15 is 0 Å². The molecule has 3 rings (SSSR count). The fourth-order valence-electron chi connectivity index (χ4n) is 2.93. The summed E-state index contributed by atoms with van der Waals surface area (Å²) in [5, 5.41) is 29.3. The van der Waals surface area contributed by atoms with Gasteiger partial charge in [-0.3, -0.25) is 18.5 Å². The summed E-state index contributed by atoms with van der Waals surface area (Å²) in [6.45, 7) is 1.12. The summed E-state index contributed by atoms with van der Waals surface area (Å²) in [6, 6.07) is 0. The van der Waals surface area contributed by atoms with Gasteiger partial charge in [0.05, 0.1) is 6.61 Å². The van der Waals surface area contributed by atoms with E-state index in [2.05, 4.69) is 4.98 Å². The molecule has 1 aliphatic heterocycles. The van der Waals surface area contributed by atoms with Crippen LogP contribution >= 0.6 is 0 Å². The molecule has 0 radical (unpaired) electrons. The predicted molar refractivity (Wildman–Crippen MR) is 78.0 cm³/mol. The zero-order valence-electron chi connectivity index (χ0n) is 12.9. The molecule has 1 fully saturated rings. The Labute approximate surface area is 129 Å². The van der Waals surface area contributed by atoms with Crippen LogP contribution in [0.1, 0.15) is 12.1 Å². The molecular weight excluding hydrogens is 308 g/mol. The van der Waals surface area contributed by atoms with E-state index in [4.69, 9.17) is 4.74 Å². The summed E-state index contributed by atoms with van der Waals surface area (Å²) in [5.41, 5.74) is -0.856. The molecule has 23 heavy (non-hydrogen) atoms. The molecule has 10 heteroatoms. The van der Waals surface area contributed by atoms with Crippen LogP contribution in [0.5, 0.6) is 0 Å². The lowest BCUT2D eigenvalue weighted by Gasteiger charge is -2.18. The third kappa shape index (κ3) is 2.06. The molecule has 3 N–H and O–H groups in total. The Hall–Kier alpha value is -2.01. The van der Waals surface area contributed by atoms with Crippen molar-refractivity contribution in [3.8, 4) is 0 Å². The van der Waals surface area contributed by atoms with E-state index in [-0.39, 0.29) is 11.2 Å². The maximum atomic E-state index is 12.5. The molecule has 0 amide bonds.